The zero-order valence-corrected chi connectivity index (χ0v) is 10.1. The number of fused-ring (bicyclic) bond motifs is 1. The van der Waals surface area contributed by atoms with Gasteiger partial charge in [0.2, 0.25) is 5.91 Å². The van der Waals surface area contributed by atoms with Gasteiger partial charge in [0, 0.05) is 6.20 Å². The average Bonchev–Trinajstić information content (AvgIpc) is 2.29. The van der Waals surface area contributed by atoms with E-state index >= 15 is 0 Å². The van der Waals surface area contributed by atoms with Crippen LogP contribution in [0.2, 0.25) is 0 Å². The highest BCUT2D eigenvalue weighted by Gasteiger charge is 2.35. The fourth-order valence-electron chi connectivity index (χ4n) is 1.70. The van der Waals surface area contributed by atoms with Crippen molar-refractivity contribution in [3.05, 3.63) is 30.8 Å². The second-order valence-corrected chi connectivity index (χ2v) is 4.00. The highest BCUT2D eigenvalue weighted by molar-refractivity contribution is 6.10. The molecule has 0 spiro atoms. The van der Waals surface area contributed by atoms with Crippen molar-refractivity contribution >= 4 is 23.4 Å². The molecule has 1 N–H and O–H groups in total. The second kappa shape index (κ2) is 4.48. The molecular weight excluding hydrogens is 234 g/mol. The van der Waals surface area contributed by atoms with Gasteiger partial charge in [-0.1, -0.05) is 6.58 Å². The van der Waals surface area contributed by atoms with E-state index in [9.17, 15) is 9.59 Å². The summed E-state index contributed by atoms with van der Waals surface area (Å²) < 4.78 is 4.95. The molecule has 94 valence electrons. The minimum Gasteiger partial charge on any atom is -0.415 e. The Balaban J connectivity index is 2.41. The Morgan fingerprint density at radius 2 is 2.33 bits per heavy atom. The molecular formula is C12H13N3O3. The van der Waals surface area contributed by atoms with Gasteiger partial charge < -0.3 is 10.1 Å². The zero-order chi connectivity index (χ0) is 13.3. The van der Waals surface area contributed by atoms with Crippen molar-refractivity contribution in [3.8, 4) is 0 Å². The Bertz CT molecular complexity index is 527. The lowest BCUT2D eigenvalue weighted by Crippen LogP contribution is -2.49. The first-order chi connectivity index (χ1) is 8.50. The SMILES string of the molecule is C=C(C)OC(=O)N1c2cnccc2NC(=O)C1C. The van der Waals surface area contributed by atoms with E-state index in [2.05, 4.69) is 16.9 Å². The molecule has 18 heavy (non-hydrogen) atoms. The van der Waals surface area contributed by atoms with Gasteiger partial charge in [0.15, 0.2) is 0 Å². The summed E-state index contributed by atoms with van der Waals surface area (Å²) in [7, 11) is 0. The summed E-state index contributed by atoms with van der Waals surface area (Å²) in [6, 6.07) is 0.966. The lowest BCUT2D eigenvalue weighted by molar-refractivity contribution is -0.117. The second-order valence-electron chi connectivity index (χ2n) is 4.00. The van der Waals surface area contributed by atoms with Gasteiger partial charge in [-0.2, -0.15) is 0 Å². The molecule has 0 saturated heterocycles. The summed E-state index contributed by atoms with van der Waals surface area (Å²) in [5.74, 6) is -0.00372. The summed E-state index contributed by atoms with van der Waals surface area (Å²) >= 11 is 0. The van der Waals surface area contributed by atoms with Crippen molar-refractivity contribution < 1.29 is 14.3 Å². The molecule has 0 aliphatic carbocycles. The quantitative estimate of drug-likeness (QED) is 0.769. The van der Waals surface area contributed by atoms with Crippen LogP contribution in [-0.2, 0) is 9.53 Å². The van der Waals surface area contributed by atoms with Gasteiger partial charge in [-0.3, -0.25) is 14.7 Å². The number of hydrogen-bond acceptors (Lipinski definition) is 4. The Labute approximate surface area is 104 Å². The van der Waals surface area contributed by atoms with E-state index < -0.39 is 12.1 Å². The highest BCUT2D eigenvalue weighted by Crippen LogP contribution is 2.31. The number of allylic oxidation sites excluding steroid dienone is 1. The van der Waals surface area contributed by atoms with Crippen LogP contribution >= 0.6 is 0 Å². The molecule has 2 heterocycles. The lowest BCUT2D eigenvalue weighted by Gasteiger charge is -2.33. The molecule has 0 fully saturated rings. The van der Waals surface area contributed by atoms with Crippen LogP contribution in [0.1, 0.15) is 13.8 Å². The first kappa shape index (κ1) is 12.1. The Morgan fingerprint density at radius 1 is 1.61 bits per heavy atom. The van der Waals surface area contributed by atoms with Crippen LogP contribution in [0.25, 0.3) is 0 Å². The van der Waals surface area contributed by atoms with Crippen molar-refractivity contribution in [2.45, 2.75) is 19.9 Å². The molecule has 1 atom stereocenters. The van der Waals surface area contributed by atoms with Gasteiger partial charge in [-0.25, -0.2) is 4.79 Å². The van der Waals surface area contributed by atoms with Crippen LogP contribution in [0.5, 0.6) is 0 Å². The fourth-order valence-corrected chi connectivity index (χ4v) is 1.70. The van der Waals surface area contributed by atoms with Crippen LogP contribution in [0.15, 0.2) is 30.8 Å². The maximum Gasteiger partial charge on any atom is 0.420 e. The molecule has 1 aliphatic rings. The molecule has 2 rings (SSSR count). The van der Waals surface area contributed by atoms with Crippen LogP contribution < -0.4 is 10.2 Å². The van der Waals surface area contributed by atoms with Gasteiger partial charge >= 0.3 is 6.09 Å². The van der Waals surface area contributed by atoms with Crippen LogP contribution in [0.4, 0.5) is 16.2 Å². The lowest BCUT2D eigenvalue weighted by atomic mass is 10.1. The summed E-state index contributed by atoms with van der Waals surface area (Å²) in [5, 5.41) is 2.70. The number of amides is 2. The summed E-state index contributed by atoms with van der Waals surface area (Å²) in [6.45, 7) is 6.69. The number of anilines is 2. The average molecular weight is 247 g/mol. The Hall–Kier alpha value is -2.37. The smallest absolute Gasteiger partial charge is 0.415 e. The van der Waals surface area contributed by atoms with E-state index in [1.54, 1.807) is 19.9 Å². The maximum absolute atomic E-state index is 12.0. The number of carbonyl (C=O) groups excluding carboxylic acids is 2. The van der Waals surface area contributed by atoms with Gasteiger partial charge in [-0.15, -0.1) is 0 Å². The molecule has 1 aromatic rings. The van der Waals surface area contributed by atoms with E-state index in [1.165, 1.54) is 17.3 Å². The van der Waals surface area contributed by atoms with E-state index in [0.29, 0.717) is 11.4 Å². The van der Waals surface area contributed by atoms with Crippen molar-refractivity contribution in [2.75, 3.05) is 10.2 Å². The molecule has 6 heteroatoms. The number of hydrogen-bond donors (Lipinski definition) is 1. The number of rotatable bonds is 1. The number of nitrogens with one attached hydrogen (secondary N) is 1. The van der Waals surface area contributed by atoms with E-state index in [0.717, 1.165) is 0 Å². The van der Waals surface area contributed by atoms with Crippen LogP contribution in [0, 0.1) is 0 Å². The zero-order valence-electron chi connectivity index (χ0n) is 10.1. The normalized spacial score (nSPS) is 17.8. The van der Waals surface area contributed by atoms with Crippen molar-refractivity contribution in [1.82, 2.24) is 4.98 Å². The van der Waals surface area contributed by atoms with Gasteiger partial charge in [0.1, 0.15) is 6.04 Å². The third-order valence-electron chi connectivity index (χ3n) is 2.54. The molecule has 1 unspecified atom stereocenters. The number of nitrogens with zero attached hydrogens (tertiary/aromatic N) is 2. The number of ether oxygens (including phenoxy) is 1. The van der Waals surface area contributed by atoms with Gasteiger partial charge in [0.05, 0.1) is 23.3 Å². The first-order valence-electron chi connectivity index (χ1n) is 5.42. The summed E-state index contributed by atoms with van der Waals surface area (Å²) in [4.78, 5) is 28.9. The van der Waals surface area contributed by atoms with E-state index in [-0.39, 0.29) is 11.7 Å². The van der Waals surface area contributed by atoms with Crippen LogP contribution in [-0.4, -0.2) is 23.0 Å². The number of pyridine rings is 1. The predicted molar refractivity (Wildman–Crippen MR) is 66.1 cm³/mol. The molecule has 0 aromatic carbocycles. The number of carbonyl (C=O) groups is 2. The van der Waals surface area contributed by atoms with Gasteiger partial charge in [-0.05, 0) is 19.9 Å². The molecule has 0 saturated carbocycles. The third kappa shape index (κ3) is 2.04. The molecule has 0 bridgehead atoms. The topological polar surface area (TPSA) is 71.5 Å². The monoisotopic (exact) mass is 247 g/mol. The predicted octanol–water partition coefficient (Wildman–Crippen LogP) is 1.90. The Kier molecular flexibility index (Phi) is 3.01. The standard InChI is InChI=1S/C12H13N3O3/c1-7(2)18-12(17)15-8(3)11(16)14-9-4-5-13-6-10(9)15/h4-6,8H,1H2,2-3H3,(H,14,16). The minimum absolute atomic E-state index is 0.267. The molecule has 6 nitrogen and oxygen atoms in total. The van der Waals surface area contributed by atoms with Crippen LogP contribution in [0.3, 0.4) is 0 Å². The van der Waals surface area contributed by atoms with Crippen molar-refractivity contribution in [3.63, 3.8) is 0 Å². The largest absolute Gasteiger partial charge is 0.420 e. The third-order valence-corrected chi connectivity index (χ3v) is 2.54. The molecule has 0 radical (unpaired) electrons. The fraction of sp³-hybridized carbons (Fsp3) is 0.250. The highest BCUT2D eigenvalue weighted by atomic mass is 16.6. The molecule has 1 aliphatic heterocycles. The first-order valence-corrected chi connectivity index (χ1v) is 5.42. The van der Waals surface area contributed by atoms with Crippen molar-refractivity contribution in [2.24, 2.45) is 0 Å². The molecule has 2 amide bonds. The van der Waals surface area contributed by atoms with Crippen molar-refractivity contribution in [1.29, 1.82) is 0 Å². The summed E-state index contributed by atoms with van der Waals surface area (Å²) in [5.41, 5.74) is 1.04. The maximum atomic E-state index is 12.0. The summed E-state index contributed by atoms with van der Waals surface area (Å²) in [6.07, 6.45) is 2.40. The van der Waals surface area contributed by atoms with E-state index in [4.69, 9.17) is 4.74 Å². The number of aromatic nitrogens is 1. The Morgan fingerprint density at radius 3 is 3.00 bits per heavy atom. The molecule has 1 aromatic heterocycles. The van der Waals surface area contributed by atoms with Gasteiger partial charge in [0.25, 0.3) is 0 Å². The minimum atomic E-state index is -0.659. The van der Waals surface area contributed by atoms with E-state index in [1.807, 2.05) is 0 Å².